The van der Waals surface area contributed by atoms with E-state index in [0.717, 1.165) is 30.4 Å². The number of benzene rings is 1. The van der Waals surface area contributed by atoms with E-state index in [1.54, 1.807) is 18.2 Å². The van der Waals surface area contributed by atoms with Gasteiger partial charge in [-0.05, 0) is 43.0 Å². The Morgan fingerprint density at radius 3 is 2.95 bits per heavy atom. The lowest BCUT2D eigenvalue weighted by atomic mass is 10.1. The van der Waals surface area contributed by atoms with E-state index in [-0.39, 0.29) is 11.4 Å². The van der Waals surface area contributed by atoms with E-state index < -0.39 is 0 Å². The van der Waals surface area contributed by atoms with E-state index in [0.29, 0.717) is 16.3 Å². The second-order valence-corrected chi connectivity index (χ2v) is 6.33. The summed E-state index contributed by atoms with van der Waals surface area (Å²) in [4.78, 5) is 12.5. The smallest absolute Gasteiger partial charge is 0.254 e. The average molecular weight is 320 g/mol. The fraction of sp³-hybridized carbons (Fsp3) is 0.333. The highest BCUT2D eigenvalue weighted by atomic mass is 35.5. The van der Waals surface area contributed by atoms with Crippen LogP contribution in [0.2, 0.25) is 5.02 Å². The van der Waals surface area contributed by atoms with Crippen molar-refractivity contribution in [1.29, 1.82) is 5.26 Å². The van der Waals surface area contributed by atoms with Gasteiger partial charge in [-0.2, -0.15) is 5.26 Å². The zero-order valence-corrected chi connectivity index (χ0v) is 13.1. The lowest BCUT2D eigenvalue weighted by Gasteiger charge is -2.16. The molecule has 0 aliphatic heterocycles. The van der Waals surface area contributed by atoms with Crippen LogP contribution >= 0.6 is 23.5 Å². The molecule has 0 saturated heterocycles. The molecule has 1 aromatic rings. The molecule has 6 heteroatoms. The van der Waals surface area contributed by atoms with Gasteiger partial charge in [0.1, 0.15) is 0 Å². The van der Waals surface area contributed by atoms with Crippen LogP contribution in [0.3, 0.4) is 0 Å². The van der Waals surface area contributed by atoms with Crippen molar-refractivity contribution < 1.29 is 4.79 Å². The predicted molar refractivity (Wildman–Crippen MR) is 85.3 cm³/mol. The van der Waals surface area contributed by atoms with Crippen LogP contribution < -0.4 is 10.0 Å². The second kappa shape index (κ2) is 5.28. The summed E-state index contributed by atoms with van der Waals surface area (Å²) >= 11 is 7.39. The molecule has 0 radical (unpaired) electrons. The monoisotopic (exact) mass is 319 g/mol. The Hall–Kier alpha value is -1.64. The fourth-order valence-electron chi connectivity index (χ4n) is 2.88. The molecule has 108 valence electrons. The van der Waals surface area contributed by atoms with E-state index in [1.165, 1.54) is 11.9 Å². The van der Waals surface area contributed by atoms with Gasteiger partial charge in [0, 0.05) is 16.9 Å². The maximum atomic E-state index is 12.5. The first-order chi connectivity index (χ1) is 10.1. The van der Waals surface area contributed by atoms with Crippen LogP contribution in [-0.4, -0.2) is 17.7 Å². The van der Waals surface area contributed by atoms with Crippen LogP contribution in [0.1, 0.15) is 29.6 Å². The Bertz CT molecular complexity index is 695. The fourth-order valence-corrected chi connectivity index (χ4v) is 3.44. The highest BCUT2D eigenvalue weighted by Gasteiger charge is 2.55. The van der Waals surface area contributed by atoms with Gasteiger partial charge in [-0.3, -0.25) is 4.79 Å². The summed E-state index contributed by atoms with van der Waals surface area (Å²) in [5.41, 5.74) is 2.95. The van der Waals surface area contributed by atoms with Crippen molar-refractivity contribution >= 4 is 35.1 Å². The predicted octanol–water partition coefficient (Wildman–Crippen LogP) is 3.52. The van der Waals surface area contributed by atoms with Crippen LogP contribution in [0.5, 0.6) is 0 Å². The molecule has 1 amide bonds. The van der Waals surface area contributed by atoms with Gasteiger partial charge in [0.15, 0.2) is 0 Å². The number of hydrogen-bond donors (Lipinski definition) is 2. The minimum Gasteiger partial charge on any atom is -0.342 e. The van der Waals surface area contributed by atoms with Crippen molar-refractivity contribution in [2.75, 3.05) is 11.0 Å². The van der Waals surface area contributed by atoms with Crippen molar-refractivity contribution in [3.63, 3.8) is 0 Å². The Labute approximate surface area is 132 Å². The molecule has 0 aromatic heterocycles. The summed E-state index contributed by atoms with van der Waals surface area (Å²) in [5, 5.41) is 12.7. The number of rotatable bonds is 4. The van der Waals surface area contributed by atoms with Gasteiger partial charge in [-0.25, -0.2) is 0 Å². The highest BCUT2D eigenvalue weighted by Crippen LogP contribution is 2.54. The van der Waals surface area contributed by atoms with Crippen LogP contribution in [-0.2, 0) is 0 Å². The summed E-state index contributed by atoms with van der Waals surface area (Å²) < 4.78 is 3.08. The van der Waals surface area contributed by atoms with Crippen LogP contribution in [0, 0.1) is 11.3 Å². The molecular weight excluding hydrogens is 306 g/mol. The van der Waals surface area contributed by atoms with Gasteiger partial charge < -0.3 is 10.0 Å². The van der Waals surface area contributed by atoms with Gasteiger partial charge in [0.05, 0.1) is 22.9 Å². The first-order valence-corrected chi connectivity index (χ1v) is 8.23. The second-order valence-electron chi connectivity index (χ2n) is 5.28. The largest absolute Gasteiger partial charge is 0.342 e. The third-order valence-electron chi connectivity index (χ3n) is 4.02. The summed E-state index contributed by atoms with van der Waals surface area (Å²) in [6.45, 7) is 0. The molecule has 2 aliphatic rings. The lowest BCUT2D eigenvalue weighted by molar-refractivity contribution is 0.0934. The number of halogens is 1. The highest BCUT2D eigenvalue weighted by molar-refractivity contribution is 7.99. The van der Waals surface area contributed by atoms with Crippen molar-refractivity contribution in [2.45, 2.75) is 24.8 Å². The number of nitrogens with one attached hydrogen (secondary N) is 2. The number of nitrogens with zero attached hydrogens (tertiary/aromatic N) is 1. The van der Waals surface area contributed by atoms with Crippen molar-refractivity contribution in [3.8, 4) is 6.07 Å². The summed E-state index contributed by atoms with van der Waals surface area (Å²) in [7, 11) is 0. The van der Waals surface area contributed by atoms with Crippen molar-refractivity contribution in [3.05, 3.63) is 39.9 Å². The molecule has 1 fully saturated rings. The lowest BCUT2D eigenvalue weighted by Crippen LogP contribution is -2.36. The first kappa shape index (κ1) is 14.3. The Balaban J connectivity index is 1.82. The molecule has 1 saturated carbocycles. The first-order valence-electron chi connectivity index (χ1n) is 6.63. The number of carbonyl (C=O) groups excluding carboxylic acids is 1. The molecule has 2 N–H and O–H groups in total. The van der Waals surface area contributed by atoms with E-state index in [4.69, 9.17) is 16.9 Å². The molecule has 4 nitrogen and oxygen atoms in total. The zero-order chi connectivity index (χ0) is 15.0. The Morgan fingerprint density at radius 1 is 1.52 bits per heavy atom. The summed E-state index contributed by atoms with van der Waals surface area (Å²) in [6, 6.07) is 7.40. The number of allylic oxidation sites excluding steroid dienone is 1. The molecule has 1 unspecified atom stereocenters. The van der Waals surface area contributed by atoms with Crippen LogP contribution in [0.4, 0.5) is 5.69 Å². The van der Waals surface area contributed by atoms with Crippen molar-refractivity contribution in [2.24, 2.45) is 0 Å². The molecule has 0 heterocycles. The SMILES string of the molecule is CSNc1cc(Cl)ccc1C(=O)NC12CCC(C#N)=C1C2. The molecular formula is C15H14ClN3OS. The summed E-state index contributed by atoms with van der Waals surface area (Å²) in [6.07, 6.45) is 4.29. The Morgan fingerprint density at radius 2 is 2.33 bits per heavy atom. The maximum Gasteiger partial charge on any atom is 0.254 e. The zero-order valence-electron chi connectivity index (χ0n) is 11.5. The van der Waals surface area contributed by atoms with Gasteiger partial charge in [0.25, 0.3) is 5.91 Å². The van der Waals surface area contributed by atoms with E-state index in [2.05, 4.69) is 16.1 Å². The third-order valence-corrected chi connectivity index (χ3v) is 4.68. The Kier molecular flexibility index (Phi) is 3.60. The van der Waals surface area contributed by atoms with Crippen LogP contribution in [0.15, 0.2) is 29.3 Å². The average Bonchev–Trinajstić information content (AvgIpc) is 3.04. The van der Waals surface area contributed by atoms with Crippen LogP contribution in [0.25, 0.3) is 0 Å². The minimum absolute atomic E-state index is 0.127. The number of hydrogen-bond acceptors (Lipinski definition) is 4. The standard InChI is InChI=1S/C15H14ClN3OS/c1-21-19-13-6-10(16)2-3-11(13)14(20)18-15-5-4-9(8-17)12(15)7-15/h2-3,6,19H,4-5,7H2,1H3,(H,18,20). The molecule has 21 heavy (non-hydrogen) atoms. The topological polar surface area (TPSA) is 64.9 Å². The normalized spacial score (nSPS) is 22.5. The van der Waals surface area contributed by atoms with Gasteiger partial charge in [0.2, 0.25) is 0 Å². The quantitative estimate of drug-likeness (QED) is 0.833. The maximum absolute atomic E-state index is 12.5. The van der Waals surface area contributed by atoms with E-state index in [9.17, 15) is 4.79 Å². The number of amides is 1. The van der Waals surface area contributed by atoms with E-state index >= 15 is 0 Å². The van der Waals surface area contributed by atoms with Gasteiger partial charge >= 0.3 is 0 Å². The number of nitriles is 1. The van der Waals surface area contributed by atoms with E-state index in [1.807, 2.05) is 6.26 Å². The van der Waals surface area contributed by atoms with Crippen molar-refractivity contribution in [1.82, 2.24) is 5.32 Å². The molecule has 2 aliphatic carbocycles. The summed E-state index contributed by atoms with van der Waals surface area (Å²) in [5.74, 6) is -0.127. The number of fused-ring (bicyclic) bond motifs is 1. The number of anilines is 1. The van der Waals surface area contributed by atoms with Gasteiger partial charge in [-0.1, -0.05) is 23.5 Å². The third kappa shape index (κ3) is 2.50. The number of carbonyl (C=O) groups is 1. The molecule has 1 aromatic carbocycles. The molecule has 0 spiro atoms. The molecule has 3 rings (SSSR count). The molecule has 1 atom stereocenters. The minimum atomic E-state index is -0.265. The van der Waals surface area contributed by atoms with Gasteiger partial charge in [-0.15, -0.1) is 0 Å². The molecule has 0 bridgehead atoms.